The lowest BCUT2D eigenvalue weighted by atomic mass is 10.1. The Labute approximate surface area is 204 Å². The van der Waals surface area contributed by atoms with Crippen molar-refractivity contribution in [1.82, 2.24) is 9.88 Å². The molecule has 8 heteroatoms. The molecule has 0 radical (unpaired) electrons. The second-order valence-electron chi connectivity index (χ2n) is 7.38. The van der Waals surface area contributed by atoms with Gasteiger partial charge >= 0.3 is 5.97 Å². The van der Waals surface area contributed by atoms with Gasteiger partial charge in [0.2, 0.25) is 5.78 Å². The molecule has 168 valence electrons. The zero-order valence-electron chi connectivity index (χ0n) is 18.3. The van der Waals surface area contributed by atoms with E-state index in [1.54, 1.807) is 58.8 Å². The van der Waals surface area contributed by atoms with Gasteiger partial charge in [0.15, 0.2) is 12.4 Å². The summed E-state index contributed by atoms with van der Waals surface area (Å²) < 4.78 is 8.71. The molecule has 0 saturated carbocycles. The highest BCUT2D eigenvalue weighted by molar-refractivity contribution is 6.08. The first-order valence-electron chi connectivity index (χ1n) is 10.00. The minimum absolute atomic E-state index is 0. The number of amides is 1. The van der Waals surface area contributed by atoms with Crippen molar-refractivity contribution in [2.75, 3.05) is 13.2 Å². The van der Waals surface area contributed by atoms with Crippen LogP contribution in [0.5, 0.6) is 0 Å². The maximum atomic E-state index is 12.7. The maximum absolute atomic E-state index is 12.7. The molecule has 2 heterocycles. The molecule has 0 aliphatic carbocycles. The van der Waals surface area contributed by atoms with Gasteiger partial charge in [-0.05, 0) is 25.1 Å². The summed E-state index contributed by atoms with van der Waals surface area (Å²) >= 11 is 0. The van der Waals surface area contributed by atoms with Crippen LogP contribution in [0.25, 0.3) is 0 Å². The standard InChI is InChI=1S/C24H25N3O4.HI/c1-17-6-8-18(9-7-17)23(29)21-11-10-20(27(21)3)15-22(28)31-14-12-25-24(30)19-5-4-13-26(2)16-19;/h4-11,13,16H,12,14-15H2,1-3H3;1H. The molecule has 0 unspecified atom stereocenters. The number of aromatic nitrogens is 2. The number of benzene rings is 1. The number of nitrogens with zero attached hydrogens (tertiary/aromatic N) is 2. The van der Waals surface area contributed by atoms with E-state index in [0.717, 1.165) is 5.56 Å². The van der Waals surface area contributed by atoms with Crippen LogP contribution >= 0.6 is 0 Å². The average molecular weight is 547 g/mol. The minimum atomic E-state index is -0.420. The van der Waals surface area contributed by atoms with Crippen LogP contribution in [-0.4, -0.2) is 35.4 Å². The van der Waals surface area contributed by atoms with Crippen LogP contribution in [0.3, 0.4) is 0 Å². The van der Waals surface area contributed by atoms with E-state index < -0.39 is 5.97 Å². The molecule has 3 aromatic rings. The molecule has 2 aromatic heterocycles. The van der Waals surface area contributed by atoms with Gasteiger partial charge in [0, 0.05) is 24.4 Å². The molecule has 0 bridgehead atoms. The quantitative estimate of drug-likeness (QED) is 0.128. The molecule has 3 rings (SSSR count). The van der Waals surface area contributed by atoms with Crippen LogP contribution in [0.1, 0.15) is 37.7 Å². The van der Waals surface area contributed by atoms with Crippen molar-refractivity contribution < 1.29 is 47.7 Å². The van der Waals surface area contributed by atoms with Crippen LogP contribution < -0.4 is 33.9 Å². The average Bonchev–Trinajstić information content (AvgIpc) is 3.11. The Bertz CT molecular complexity index is 1110. The Hall–Kier alpha value is -3.01. The highest BCUT2D eigenvalue weighted by atomic mass is 127. The largest absolute Gasteiger partial charge is 1.00 e. The van der Waals surface area contributed by atoms with E-state index in [1.807, 2.05) is 32.3 Å². The number of pyridine rings is 1. The number of hydrogen-bond acceptors (Lipinski definition) is 4. The van der Waals surface area contributed by atoms with E-state index in [9.17, 15) is 14.4 Å². The molecule has 0 saturated heterocycles. The maximum Gasteiger partial charge on any atom is 0.311 e. The van der Waals surface area contributed by atoms with Crippen LogP contribution in [0.4, 0.5) is 0 Å². The van der Waals surface area contributed by atoms with E-state index in [4.69, 9.17) is 4.74 Å². The number of ketones is 1. The van der Waals surface area contributed by atoms with Crippen LogP contribution in [0.15, 0.2) is 60.9 Å². The highest BCUT2D eigenvalue weighted by Crippen LogP contribution is 2.15. The van der Waals surface area contributed by atoms with Gasteiger partial charge < -0.3 is 38.6 Å². The van der Waals surface area contributed by atoms with E-state index in [1.165, 1.54) is 0 Å². The summed E-state index contributed by atoms with van der Waals surface area (Å²) in [6.45, 7) is 2.25. The fourth-order valence-corrected chi connectivity index (χ4v) is 3.16. The number of nitrogens with one attached hydrogen (secondary N) is 1. The summed E-state index contributed by atoms with van der Waals surface area (Å²) in [4.78, 5) is 37.0. The van der Waals surface area contributed by atoms with Crippen molar-refractivity contribution >= 4 is 17.7 Å². The van der Waals surface area contributed by atoms with Gasteiger partial charge in [0.05, 0.1) is 18.7 Å². The van der Waals surface area contributed by atoms with Crippen LogP contribution in [-0.2, 0) is 30.0 Å². The second kappa shape index (κ2) is 11.6. The Kier molecular flexibility index (Phi) is 9.13. The zero-order chi connectivity index (χ0) is 22.4. The van der Waals surface area contributed by atoms with Gasteiger partial charge in [-0.1, -0.05) is 29.8 Å². The molecule has 1 N–H and O–H groups in total. The van der Waals surface area contributed by atoms with E-state index >= 15 is 0 Å². The normalized spacial score (nSPS) is 10.2. The van der Waals surface area contributed by atoms with Gasteiger partial charge in [-0.3, -0.25) is 14.4 Å². The number of carbonyl (C=O) groups excluding carboxylic acids is 3. The summed E-state index contributed by atoms with van der Waals surface area (Å²) in [5.74, 6) is -0.746. The molecule has 7 nitrogen and oxygen atoms in total. The van der Waals surface area contributed by atoms with Crippen molar-refractivity contribution in [1.29, 1.82) is 0 Å². The lowest BCUT2D eigenvalue weighted by Crippen LogP contribution is -3.00. The molecular weight excluding hydrogens is 521 g/mol. The predicted molar refractivity (Wildman–Crippen MR) is 115 cm³/mol. The van der Waals surface area contributed by atoms with Gasteiger partial charge in [0.1, 0.15) is 19.2 Å². The molecule has 1 amide bonds. The summed E-state index contributed by atoms with van der Waals surface area (Å²) in [7, 11) is 3.59. The summed E-state index contributed by atoms with van der Waals surface area (Å²) in [5.41, 5.74) is 3.41. The SMILES string of the molecule is Cc1ccc(C(=O)c2ccc(CC(=O)OCCNC(=O)c3ccc[n+](C)c3)n2C)cc1.[I-]. The van der Waals surface area contributed by atoms with Gasteiger partial charge in [0.25, 0.3) is 5.91 Å². The molecule has 0 aliphatic rings. The van der Waals surface area contributed by atoms with E-state index in [-0.39, 0.29) is 55.2 Å². The van der Waals surface area contributed by atoms with Crippen molar-refractivity contribution in [2.45, 2.75) is 13.3 Å². The third-order valence-corrected chi connectivity index (χ3v) is 4.95. The Morgan fingerprint density at radius 1 is 1.03 bits per heavy atom. The molecule has 0 fully saturated rings. The highest BCUT2D eigenvalue weighted by Gasteiger charge is 2.17. The first-order chi connectivity index (χ1) is 14.8. The third kappa shape index (κ3) is 6.49. The Morgan fingerprint density at radius 2 is 1.75 bits per heavy atom. The van der Waals surface area contributed by atoms with E-state index in [0.29, 0.717) is 22.5 Å². The number of halogens is 1. The summed E-state index contributed by atoms with van der Waals surface area (Å²) in [6, 6.07) is 14.3. The number of carbonyl (C=O) groups is 3. The number of rotatable bonds is 8. The monoisotopic (exact) mass is 547 g/mol. The predicted octanol–water partition coefficient (Wildman–Crippen LogP) is -1.09. The van der Waals surface area contributed by atoms with Crippen LogP contribution in [0, 0.1) is 6.92 Å². The molecular formula is C24H26IN3O4. The summed E-state index contributed by atoms with van der Waals surface area (Å²) in [5, 5.41) is 2.72. The van der Waals surface area contributed by atoms with Crippen molar-refractivity contribution in [3.8, 4) is 0 Å². The topological polar surface area (TPSA) is 81.3 Å². The lowest BCUT2D eigenvalue weighted by molar-refractivity contribution is -0.671. The lowest BCUT2D eigenvalue weighted by Gasteiger charge is -2.09. The number of esters is 1. The molecule has 0 aliphatic heterocycles. The summed E-state index contributed by atoms with van der Waals surface area (Å²) in [6.07, 6.45) is 3.59. The van der Waals surface area contributed by atoms with Crippen molar-refractivity contribution in [3.63, 3.8) is 0 Å². The van der Waals surface area contributed by atoms with Crippen molar-refractivity contribution in [2.24, 2.45) is 14.1 Å². The second-order valence-corrected chi connectivity index (χ2v) is 7.38. The number of ether oxygens (including phenoxy) is 1. The Balaban J connectivity index is 0.00000363. The van der Waals surface area contributed by atoms with Gasteiger partial charge in [-0.2, -0.15) is 0 Å². The molecule has 32 heavy (non-hydrogen) atoms. The minimum Gasteiger partial charge on any atom is -1.00 e. The fraction of sp³-hybridized carbons (Fsp3) is 0.250. The fourth-order valence-electron chi connectivity index (χ4n) is 3.16. The van der Waals surface area contributed by atoms with Gasteiger partial charge in [-0.15, -0.1) is 0 Å². The Morgan fingerprint density at radius 3 is 2.44 bits per heavy atom. The number of hydrogen-bond donors (Lipinski definition) is 1. The molecule has 1 aromatic carbocycles. The van der Waals surface area contributed by atoms with E-state index in [2.05, 4.69) is 5.32 Å². The number of aryl methyl sites for hydroxylation is 2. The molecule has 0 atom stereocenters. The molecule has 0 spiro atoms. The van der Waals surface area contributed by atoms with Crippen LogP contribution in [0.2, 0.25) is 0 Å². The zero-order valence-corrected chi connectivity index (χ0v) is 20.5. The first kappa shape index (κ1) is 25.3. The first-order valence-corrected chi connectivity index (χ1v) is 10.00. The third-order valence-electron chi connectivity index (χ3n) is 4.95. The van der Waals surface area contributed by atoms with Crippen molar-refractivity contribution in [3.05, 3.63) is 89.0 Å². The van der Waals surface area contributed by atoms with Gasteiger partial charge in [-0.25, -0.2) is 4.57 Å². The smallest absolute Gasteiger partial charge is 0.311 e.